The van der Waals surface area contributed by atoms with Crippen LogP contribution in [0.1, 0.15) is 25.0 Å². The van der Waals surface area contributed by atoms with Gasteiger partial charge >= 0.3 is 20.1 Å². The molecule has 6 heteroatoms. The molecule has 0 unspecified atom stereocenters. The fraction of sp³-hybridized carbons (Fsp3) is 0.0556. The maximum Gasteiger partial charge on any atom is 3.00 e. The van der Waals surface area contributed by atoms with Gasteiger partial charge in [0.2, 0.25) is 0 Å². The number of hydrogen-bond donors (Lipinski definition) is 0. The molecule has 4 heterocycles. The molecule has 4 nitrogen and oxygen atoms in total. The van der Waals surface area contributed by atoms with Crippen molar-refractivity contribution in [2.24, 2.45) is 0 Å². The second-order valence-corrected chi connectivity index (χ2v) is 14.1. The van der Waals surface area contributed by atoms with Crippen LogP contribution in [0.5, 0.6) is 0 Å². The topological polar surface area (TPSA) is 43.6 Å². The predicted molar refractivity (Wildman–Crippen MR) is 236 cm³/mol. The summed E-state index contributed by atoms with van der Waals surface area (Å²) in [5.74, 6) is 0. The van der Waals surface area contributed by atoms with E-state index in [-0.39, 0.29) is 45.6 Å². The van der Waals surface area contributed by atoms with Crippen molar-refractivity contribution >= 4 is 21.8 Å². The van der Waals surface area contributed by atoms with Gasteiger partial charge in [0.15, 0.2) is 0 Å². The number of benzene rings is 6. The summed E-state index contributed by atoms with van der Waals surface area (Å²) in [4.78, 5) is 13.1. The quantitative estimate of drug-likeness (QED) is 0.156. The van der Waals surface area contributed by atoms with Crippen molar-refractivity contribution in [3.8, 4) is 39.5 Å². The molecular weight excluding hydrogens is 1090 g/mol. The first-order valence-corrected chi connectivity index (χ1v) is 19.2. The second kappa shape index (κ2) is 20.7. The van der Waals surface area contributed by atoms with Gasteiger partial charge in [-0.25, -0.2) is 11.8 Å². The Bertz CT molecular complexity index is 2680. The Kier molecular flexibility index (Phi) is 15.0. The molecule has 0 saturated heterocycles. The number of fused-ring (bicyclic) bond motifs is 3. The molecule has 6 aromatic carbocycles. The molecule has 10 aromatic rings. The number of aromatic nitrogens is 4. The average Bonchev–Trinajstić information content (AvgIpc) is 3.65. The molecule has 0 amide bonds. The van der Waals surface area contributed by atoms with Crippen molar-refractivity contribution in [2.45, 2.75) is 19.3 Å². The molecule has 4 aromatic heterocycles. The Morgan fingerprint density at radius 1 is 0.467 bits per heavy atom. The Labute approximate surface area is 379 Å². The first-order chi connectivity index (χ1) is 28.6. The SMILES string of the molecule is CC(C)(c1ccccc1)c1ccnc(-c2[c-]cc3c(c2)c2ccccc2n3-c2ccccc2)c1.[Ir+3].[Ir].[c-]1ccc[c-]c1-c1[c-]cccn1.[c-]1ccccc1-c1ccccn1. The maximum absolute atomic E-state index is 4.73. The van der Waals surface area contributed by atoms with E-state index in [1.807, 2.05) is 79.0 Å². The normalized spacial score (nSPS) is 10.6. The molecular formula is C54H39Ir2N4-2. The van der Waals surface area contributed by atoms with Gasteiger partial charge < -0.3 is 37.2 Å². The molecule has 0 bridgehead atoms. The van der Waals surface area contributed by atoms with E-state index < -0.39 is 0 Å². The van der Waals surface area contributed by atoms with Crippen LogP contribution in [-0.2, 0) is 45.6 Å². The van der Waals surface area contributed by atoms with Crippen molar-refractivity contribution in [1.29, 1.82) is 0 Å². The molecule has 0 aliphatic carbocycles. The number of rotatable bonds is 6. The van der Waals surface area contributed by atoms with Crippen LogP contribution in [0.15, 0.2) is 201 Å². The summed E-state index contributed by atoms with van der Waals surface area (Å²) in [7, 11) is 0. The summed E-state index contributed by atoms with van der Waals surface area (Å²) in [6.45, 7) is 4.53. The van der Waals surface area contributed by atoms with Gasteiger partial charge in [-0.15, -0.1) is 65.7 Å². The minimum atomic E-state index is -0.119. The van der Waals surface area contributed by atoms with Gasteiger partial charge in [-0.2, -0.15) is 6.07 Å². The zero-order valence-corrected chi connectivity index (χ0v) is 37.8. The third-order valence-corrected chi connectivity index (χ3v) is 10.0. The van der Waals surface area contributed by atoms with Crippen molar-refractivity contribution in [2.75, 3.05) is 0 Å². The molecule has 1 radical (unpaired) electrons. The maximum atomic E-state index is 4.73. The smallest absolute Gasteiger partial charge is 0.391 e. The Balaban J connectivity index is 0.000000190. The van der Waals surface area contributed by atoms with Gasteiger partial charge in [-0.1, -0.05) is 110 Å². The third-order valence-electron chi connectivity index (χ3n) is 10.0. The van der Waals surface area contributed by atoms with Gasteiger partial charge in [0.1, 0.15) is 0 Å². The van der Waals surface area contributed by atoms with Crippen LogP contribution in [0.25, 0.3) is 61.3 Å². The van der Waals surface area contributed by atoms with Crippen LogP contribution < -0.4 is 0 Å². The number of pyridine rings is 3. The predicted octanol–water partition coefficient (Wildman–Crippen LogP) is 12.7. The molecule has 0 atom stereocenters. The zero-order valence-electron chi connectivity index (χ0n) is 33.0. The zero-order chi connectivity index (χ0) is 39.6. The van der Waals surface area contributed by atoms with E-state index in [0.717, 1.165) is 45.0 Å². The van der Waals surface area contributed by atoms with Crippen LogP contribution in [-0.4, -0.2) is 19.5 Å². The van der Waals surface area contributed by atoms with E-state index in [1.54, 1.807) is 12.4 Å². The van der Waals surface area contributed by atoms with Crippen LogP contribution in [0.2, 0.25) is 0 Å². The summed E-state index contributed by atoms with van der Waals surface area (Å²) >= 11 is 0. The first kappa shape index (κ1) is 43.4. The Morgan fingerprint density at radius 2 is 1.13 bits per heavy atom. The van der Waals surface area contributed by atoms with E-state index in [4.69, 9.17) is 4.98 Å². The summed E-state index contributed by atoms with van der Waals surface area (Å²) in [5, 5.41) is 2.44. The van der Waals surface area contributed by atoms with Gasteiger partial charge in [0, 0.05) is 49.1 Å². The van der Waals surface area contributed by atoms with Gasteiger partial charge in [-0.05, 0) is 63.7 Å². The summed E-state index contributed by atoms with van der Waals surface area (Å²) in [6, 6.07) is 77.1. The molecule has 0 aliphatic heterocycles. The number of nitrogens with zero attached hydrogens (tertiary/aromatic N) is 4. The van der Waals surface area contributed by atoms with Gasteiger partial charge in [-0.3, -0.25) is 18.2 Å². The molecule has 60 heavy (non-hydrogen) atoms. The van der Waals surface area contributed by atoms with E-state index in [0.29, 0.717) is 0 Å². The standard InChI is InChI=1S/C32H25N2.C11H8N.C11H6N.2Ir/c1-32(2,24-11-5-3-6-12-24)25-19-20-33-29(22-25)23-17-18-31-28(21-23)27-15-9-10-16-30(27)34(31)26-13-7-4-8-14-26;2*1-2-6-10(7-3-1)11-8-4-5-9-12-11;;/h3-16,18-22H,1-2H3;1-6,8-9H;1-5,9H;;/q2*-1;-3;;+3. The minimum Gasteiger partial charge on any atom is -0.391 e. The van der Waals surface area contributed by atoms with Gasteiger partial charge in [0.05, 0.1) is 0 Å². The fourth-order valence-electron chi connectivity index (χ4n) is 6.93. The molecule has 0 fully saturated rings. The average molecular weight is 1130 g/mol. The molecule has 10 rings (SSSR count). The fourth-order valence-corrected chi connectivity index (χ4v) is 6.93. The van der Waals surface area contributed by atoms with Crippen LogP contribution in [0.4, 0.5) is 0 Å². The van der Waals surface area contributed by atoms with Crippen molar-refractivity contribution in [3.63, 3.8) is 0 Å². The molecule has 0 saturated carbocycles. The van der Waals surface area contributed by atoms with E-state index in [9.17, 15) is 0 Å². The van der Waals surface area contributed by atoms with Crippen molar-refractivity contribution < 1.29 is 40.2 Å². The first-order valence-electron chi connectivity index (χ1n) is 19.2. The summed E-state index contributed by atoms with van der Waals surface area (Å²) in [6.07, 6.45) is 5.44. The van der Waals surface area contributed by atoms with Crippen molar-refractivity contribution in [3.05, 3.63) is 242 Å². The number of hydrogen-bond acceptors (Lipinski definition) is 3. The van der Waals surface area contributed by atoms with E-state index in [1.165, 1.54) is 27.4 Å². The minimum absolute atomic E-state index is 0. The second-order valence-electron chi connectivity index (χ2n) is 14.1. The largest absolute Gasteiger partial charge is 3.00 e. The number of para-hydroxylation sites is 2. The summed E-state index contributed by atoms with van der Waals surface area (Å²) in [5.41, 5.74) is 11.5. The monoisotopic (exact) mass is 1130 g/mol. The van der Waals surface area contributed by atoms with E-state index in [2.05, 4.69) is 168 Å². The molecule has 0 aliphatic rings. The molecule has 0 spiro atoms. The van der Waals surface area contributed by atoms with E-state index >= 15 is 0 Å². The van der Waals surface area contributed by atoms with Crippen LogP contribution in [0.3, 0.4) is 0 Å². The summed E-state index contributed by atoms with van der Waals surface area (Å²) < 4.78 is 2.31. The van der Waals surface area contributed by atoms with Crippen molar-refractivity contribution in [1.82, 2.24) is 19.5 Å². The van der Waals surface area contributed by atoms with Gasteiger partial charge in [0.25, 0.3) is 0 Å². The van der Waals surface area contributed by atoms with Crippen LogP contribution >= 0.6 is 0 Å². The molecule has 0 N–H and O–H groups in total. The third kappa shape index (κ3) is 10.00. The van der Waals surface area contributed by atoms with Crippen LogP contribution in [0, 0.1) is 30.3 Å². The Hall–Kier alpha value is -6.13. The molecule has 295 valence electrons. The Morgan fingerprint density at radius 3 is 1.85 bits per heavy atom.